The lowest BCUT2D eigenvalue weighted by Gasteiger charge is -2.18. The van der Waals surface area contributed by atoms with E-state index in [9.17, 15) is 13.2 Å². The minimum absolute atomic E-state index is 0.0150. The van der Waals surface area contributed by atoms with Crippen LogP contribution in [0.25, 0.3) is 0 Å². The van der Waals surface area contributed by atoms with Gasteiger partial charge in [0.05, 0.1) is 11.1 Å². The predicted octanol–water partition coefficient (Wildman–Crippen LogP) is 4.27. The number of hydrogen-bond acceptors (Lipinski definition) is 2. The first-order valence-corrected chi connectivity index (χ1v) is 7.14. The van der Waals surface area contributed by atoms with Gasteiger partial charge in [-0.25, -0.2) is 13.2 Å². The molecule has 2 nitrogen and oxygen atoms in total. The average molecular weight is 380 g/mol. The molecule has 1 atom stereocenters. The van der Waals surface area contributed by atoms with E-state index in [0.717, 1.165) is 12.1 Å². The first-order chi connectivity index (χ1) is 9.92. The van der Waals surface area contributed by atoms with Crippen molar-refractivity contribution in [2.75, 3.05) is 0 Å². The third-order valence-corrected chi connectivity index (χ3v) is 3.83. The summed E-state index contributed by atoms with van der Waals surface area (Å²) in [5.41, 5.74) is 2.68. The number of halogens is 5. The van der Waals surface area contributed by atoms with Crippen molar-refractivity contribution in [2.24, 2.45) is 5.84 Å². The summed E-state index contributed by atoms with van der Waals surface area (Å²) in [5, 5.41) is -0.319. The van der Waals surface area contributed by atoms with Gasteiger partial charge in [0, 0.05) is 10.0 Å². The first kappa shape index (κ1) is 16.3. The van der Waals surface area contributed by atoms with Crippen LogP contribution in [0, 0.1) is 17.5 Å². The van der Waals surface area contributed by atoms with E-state index >= 15 is 0 Å². The van der Waals surface area contributed by atoms with Crippen molar-refractivity contribution in [2.45, 2.75) is 12.5 Å². The van der Waals surface area contributed by atoms with Crippen LogP contribution in [0.15, 0.2) is 34.8 Å². The summed E-state index contributed by atoms with van der Waals surface area (Å²) in [6.07, 6.45) is 0.0553. The second kappa shape index (κ2) is 6.79. The lowest BCUT2D eigenvalue weighted by Crippen LogP contribution is -2.30. The molecule has 21 heavy (non-hydrogen) atoms. The van der Waals surface area contributed by atoms with Gasteiger partial charge in [0.1, 0.15) is 17.5 Å². The van der Waals surface area contributed by atoms with E-state index in [-0.39, 0.29) is 17.0 Å². The Hall–Kier alpha value is -1.08. The summed E-state index contributed by atoms with van der Waals surface area (Å²) in [4.78, 5) is 0. The Kier molecular flexibility index (Phi) is 5.27. The van der Waals surface area contributed by atoms with Crippen LogP contribution in [0.2, 0.25) is 5.02 Å². The first-order valence-electron chi connectivity index (χ1n) is 5.97. The van der Waals surface area contributed by atoms with Gasteiger partial charge in [-0.1, -0.05) is 27.5 Å². The highest BCUT2D eigenvalue weighted by atomic mass is 79.9. The van der Waals surface area contributed by atoms with E-state index in [1.54, 1.807) is 12.1 Å². The molecule has 2 aromatic rings. The summed E-state index contributed by atoms with van der Waals surface area (Å²) in [5.74, 6) is 3.47. The molecule has 0 saturated heterocycles. The quantitative estimate of drug-likeness (QED) is 0.473. The van der Waals surface area contributed by atoms with E-state index in [4.69, 9.17) is 17.4 Å². The minimum atomic E-state index is -0.791. The Morgan fingerprint density at radius 2 is 1.81 bits per heavy atom. The number of benzene rings is 2. The minimum Gasteiger partial charge on any atom is -0.271 e. The molecule has 3 N–H and O–H groups in total. The van der Waals surface area contributed by atoms with Crippen LogP contribution in [0.1, 0.15) is 17.2 Å². The highest BCUT2D eigenvalue weighted by Crippen LogP contribution is 2.27. The molecule has 0 saturated carbocycles. The zero-order valence-electron chi connectivity index (χ0n) is 10.6. The predicted molar refractivity (Wildman–Crippen MR) is 79.2 cm³/mol. The van der Waals surface area contributed by atoms with Gasteiger partial charge in [-0.15, -0.1) is 0 Å². The van der Waals surface area contributed by atoms with E-state index < -0.39 is 23.5 Å². The van der Waals surface area contributed by atoms with Crippen LogP contribution < -0.4 is 11.3 Å². The van der Waals surface area contributed by atoms with Crippen molar-refractivity contribution in [3.05, 3.63) is 68.4 Å². The highest BCUT2D eigenvalue weighted by Gasteiger charge is 2.19. The fourth-order valence-corrected chi connectivity index (χ4v) is 2.54. The van der Waals surface area contributed by atoms with E-state index in [1.165, 1.54) is 6.07 Å². The van der Waals surface area contributed by atoms with Crippen molar-refractivity contribution >= 4 is 27.5 Å². The fourth-order valence-electron chi connectivity index (χ4n) is 1.98. The molecule has 1 unspecified atom stereocenters. The van der Waals surface area contributed by atoms with Crippen molar-refractivity contribution in [3.63, 3.8) is 0 Å². The van der Waals surface area contributed by atoms with Crippen molar-refractivity contribution in [1.82, 2.24) is 5.43 Å². The van der Waals surface area contributed by atoms with Crippen LogP contribution in [0.4, 0.5) is 13.2 Å². The normalized spacial score (nSPS) is 12.5. The van der Waals surface area contributed by atoms with Gasteiger partial charge in [0.2, 0.25) is 0 Å². The molecule has 0 heterocycles. The van der Waals surface area contributed by atoms with Crippen molar-refractivity contribution in [1.29, 1.82) is 0 Å². The molecule has 0 aliphatic heterocycles. The Bertz CT molecular complexity index is 667. The molecule has 7 heteroatoms. The zero-order chi connectivity index (χ0) is 15.6. The molecular weight excluding hydrogens is 369 g/mol. The van der Waals surface area contributed by atoms with Gasteiger partial charge >= 0.3 is 0 Å². The Balaban J connectivity index is 2.36. The van der Waals surface area contributed by atoms with E-state index in [0.29, 0.717) is 10.0 Å². The Labute approximate surface area is 133 Å². The second-order valence-corrected chi connectivity index (χ2v) is 5.77. The van der Waals surface area contributed by atoms with Crippen LogP contribution in [-0.4, -0.2) is 0 Å². The molecule has 0 bridgehead atoms. The van der Waals surface area contributed by atoms with Gasteiger partial charge in [-0.05, 0) is 42.3 Å². The molecule has 0 amide bonds. The average Bonchev–Trinajstić information content (AvgIpc) is 2.44. The van der Waals surface area contributed by atoms with Gasteiger partial charge < -0.3 is 0 Å². The molecule has 0 aromatic heterocycles. The Morgan fingerprint density at radius 1 is 1.10 bits per heavy atom. The number of hydrogen-bond donors (Lipinski definition) is 2. The third-order valence-electron chi connectivity index (χ3n) is 3.05. The fraction of sp³-hybridized carbons (Fsp3) is 0.143. The largest absolute Gasteiger partial charge is 0.271 e. The molecule has 0 spiro atoms. The topological polar surface area (TPSA) is 38.0 Å². The summed E-state index contributed by atoms with van der Waals surface area (Å²) >= 11 is 8.74. The summed E-state index contributed by atoms with van der Waals surface area (Å²) in [6.45, 7) is 0. The number of hydrazine groups is 1. The van der Waals surface area contributed by atoms with Crippen molar-refractivity contribution < 1.29 is 13.2 Å². The summed E-state index contributed by atoms with van der Waals surface area (Å²) < 4.78 is 41.8. The molecule has 0 fully saturated rings. The van der Waals surface area contributed by atoms with Crippen LogP contribution in [0.5, 0.6) is 0 Å². The van der Waals surface area contributed by atoms with Gasteiger partial charge in [-0.2, -0.15) is 0 Å². The third kappa shape index (κ3) is 3.77. The standard InChI is InChI=1S/C14H11BrClF3N2/c15-8-1-2-11(17)7(3-8)4-14(21-20)9-5-13(19)10(16)6-12(9)18/h1-3,5-6,14,21H,4,20H2. The highest BCUT2D eigenvalue weighted by molar-refractivity contribution is 9.10. The van der Waals surface area contributed by atoms with Gasteiger partial charge in [0.15, 0.2) is 0 Å². The molecular formula is C14H11BrClF3N2. The SMILES string of the molecule is NNC(Cc1cc(Br)ccc1F)c1cc(F)c(Cl)cc1F. The maximum Gasteiger partial charge on any atom is 0.142 e. The van der Waals surface area contributed by atoms with E-state index in [2.05, 4.69) is 21.4 Å². The summed E-state index contributed by atoms with van der Waals surface area (Å²) in [7, 11) is 0. The summed E-state index contributed by atoms with van der Waals surface area (Å²) in [6, 6.07) is 5.42. The molecule has 2 aromatic carbocycles. The molecule has 0 aliphatic rings. The molecule has 112 valence electrons. The van der Waals surface area contributed by atoms with Crippen molar-refractivity contribution in [3.8, 4) is 0 Å². The lowest BCUT2D eigenvalue weighted by molar-refractivity contribution is 0.492. The maximum atomic E-state index is 13.9. The van der Waals surface area contributed by atoms with Crippen LogP contribution in [0.3, 0.4) is 0 Å². The number of rotatable bonds is 4. The Morgan fingerprint density at radius 3 is 2.48 bits per heavy atom. The zero-order valence-corrected chi connectivity index (χ0v) is 13.0. The van der Waals surface area contributed by atoms with Crippen LogP contribution in [-0.2, 0) is 6.42 Å². The lowest BCUT2D eigenvalue weighted by atomic mass is 9.98. The second-order valence-electron chi connectivity index (χ2n) is 4.45. The van der Waals surface area contributed by atoms with Gasteiger partial charge in [-0.3, -0.25) is 11.3 Å². The van der Waals surface area contributed by atoms with E-state index in [1.807, 2.05) is 0 Å². The smallest absolute Gasteiger partial charge is 0.142 e. The molecule has 0 radical (unpaired) electrons. The van der Waals surface area contributed by atoms with Gasteiger partial charge in [0.25, 0.3) is 0 Å². The van der Waals surface area contributed by atoms with Crippen LogP contribution >= 0.6 is 27.5 Å². The number of nitrogens with two attached hydrogens (primary N) is 1. The molecule has 2 rings (SSSR count). The molecule has 0 aliphatic carbocycles. The number of nitrogens with one attached hydrogen (secondary N) is 1. The maximum absolute atomic E-state index is 13.9. The monoisotopic (exact) mass is 378 g/mol.